The predicted molar refractivity (Wildman–Crippen MR) is 108 cm³/mol. The molecule has 0 atom stereocenters. The summed E-state index contributed by atoms with van der Waals surface area (Å²) in [4.78, 5) is 21.2. The van der Waals surface area contributed by atoms with E-state index in [4.69, 9.17) is 10.5 Å². The first-order valence-electron chi connectivity index (χ1n) is 8.77. The minimum absolute atomic E-state index is 0.0206. The third-order valence-electron chi connectivity index (χ3n) is 4.19. The Hall–Kier alpha value is -2.51. The molecule has 6 nitrogen and oxygen atoms in total. The molecule has 142 valence electrons. The molecule has 3 rings (SSSR count). The Kier molecular flexibility index (Phi) is 5.43. The number of rotatable bonds is 4. The van der Waals surface area contributed by atoms with Crippen LogP contribution in [-0.4, -0.2) is 41.8 Å². The number of ether oxygens (including phenoxy) is 1. The number of fused-ring (bicyclic) bond motifs is 3. The highest BCUT2D eigenvalue weighted by Crippen LogP contribution is 2.41. The summed E-state index contributed by atoms with van der Waals surface area (Å²) in [5.41, 5.74) is 7.36. The van der Waals surface area contributed by atoms with Crippen LogP contribution in [0.25, 0.3) is 10.4 Å². The van der Waals surface area contributed by atoms with Crippen LogP contribution >= 0.6 is 11.3 Å². The van der Waals surface area contributed by atoms with Crippen molar-refractivity contribution in [1.82, 2.24) is 0 Å². The first-order chi connectivity index (χ1) is 12.8. The number of aliphatic imine (C=N–C) groups is 1. The van der Waals surface area contributed by atoms with Crippen LogP contribution in [0.4, 0.5) is 0 Å². The Labute approximate surface area is 162 Å². The molecular formula is C20H24N3O3S+. The van der Waals surface area contributed by atoms with Crippen molar-refractivity contribution in [2.75, 3.05) is 13.2 Å². The van der Waals surface area contributed by atoms with E-state index in [1.165, 1.54) is 6.34 Å². The lowest BCUT2D eigenvalue weighted by Gasteiger charge is -2.11. The Balaban J connectivity index is 2.08. The maximum Gasteiger partial charge on any atom is 0.335 e. The molecular weight excluding hydrogens is 362 g/mol. The zero-order valence-corrected chi connectivity index (χ0v) is 16.5. The molecule has 0 aliphatic carbocycles. The number of nitrogens with two attached hydrogens (primary N) is 1. The Morgan fingerprint density at radius 2 is 2.22 bits per heavy atom. The topological polar surface area (TPSA) is 98.9 Å². The van der Waals surface area contributed by atoms with E-state index in [9.17, 15) is 9.90 Å². The number of nitrogens with one attached hydrogen (secondary N) is 1. The van der Waals surface area contributed by atoms with Crippen LogP contribution in [0.3, 0.4) is 0 Å². The number of carbonyl (C=O) groups is 1. The lowest BCUT2D eigenvalue weighted by atomic mass is 10.0. The average molecular weight is 386 g/mol. The molecule has 0 radical (unpaired) electrons. The molecule has 1 aromatic carbocycles. The third-order valence-corrected chi connectivity index (χ3v) is 5.41. The van der Waals surface area contributed by atoms with Crippen molar-refractivity contribution in [1.29, 1.82) is 0 Å². The maximum atomic E-state index is 11.8. The van der Waals surface area contributed by atoms with Crippen molar-refractivity contribution in [3.63, 3.8) is 0 Å². The van der Waals surface area contributed by atoms with Crippen LogP contribution in [0.2, 0.25) is 0 Å². The van der Waals surface area contributed by atoms with E-state index in [0.29, 0.717) is 24.6 Å². The highest BCUT2D eigenvalue weighted by atomic mass is 32.1. The maximum absolute atomic E-state index is 11.8. The Morgan fingerprint density at radius 1 is 1.44 bits per heavy atom. The van der Waals surface area contributed by atoms with Gasteiger partial charge in [-0.25, -0.2) is 0 Å². The summed E-state index contributed by atoms with van der Waals surface area (Å²) in [6.07, 6.45) is 2.00. The van der Waals surface area contributed by atoms with E-state index in [1.807, 2.05) is 12.1 Å². The van der Waals surface area contributed by atoms with Gasteiger partial charge in [0.25, 0.3) is 0 Å². The van der Waals surface area contributed by atoms with Gasteiger partial charge in [-0.1, -0.05) is 0 Å². The standard InChI is InChI=1S/C20H23N3O3S/c1-12(24)13-4-5-16-15(8-13)18-14(6-7-26-16)9-17(27-18)19(23-11-21)22-10-20(2,3)25/h4-5,8-9,11,25H,6-7,10H2,1-3H3,(H2,21,22,23)/p+1. The van der Waals surface area contributed by atoms with Crippen molar-refractivity contribution in [3.8, 4) is 16.2 Å². The van der Waals surface area contributed by atoms with Crippen LogP contribution in [0, 0.1) is 0 Å². The number of amidine groups is 1. The van der Waals surface area contributed by atoms with Crippen LogP contribution in [-0.2, 0) is 6.42 Å². The van der Waals surface area contributed by atoms with E-state index in [0.717, 1.165) is 33.1 Å². The molecule has 0 saturated heterocycles. The fourth-order valence-corrected chi connectivity index (χ4v) is 4.06. The van der Waals surface area contributed by atoms with Crippen molar-refractivity contribution in [3.05, 3.63) is 40.3 Å². The van der Waals surface area contributed by atoms with Gasteiger partial charge in [-0.05, 0) is 55.6 Å². The summed E-state index contributed by atoms with van der Waals surface area (Å²) < 4.78 is 5.85. The molecule has 0 amide bonds. The summed E-state index contributed by atoms with van der Waals surface area (Å²) in [5, 5.41) is 9.99. The van der Waals surface area contributed by atoms with Gasteiger partial charge in [-0.15, -0.1) is 11.3 Å². The quantitative estimate of drug-likeness (QED) is 0.417. The van der Waals surface area contributed by atoms with Crippen molar-refractivity contribution in [2.45, 2.75) is 32.8 Å². The van der Waals surface area contributed by atoms with Gasteiger partial charge in [0.2, 0.25) is 6.34 Å². The van der Waals surface area contributed by atoms with E-state index in [1.54, 1.807) is 38.2 Å². The number of nitrogens with zero attached hydrogens (tertiary/aromatic N) is 1. The van der Waals surface area contributed by atoms with Crippen LogP contribution < -0.4 is 15.5 Å². The molecule has 0 spiro atoms. The zero-order valence-electron chi connectivity index (χ0n) is 15.7. The van der Waals surface area contributed by atoms with Gasteiger partial charge >= 0.3 is 5.84 Å². The molecule has 1 aliphatic heterocycles. The van der Waals surface area contributed by atoms with Gasteiger partial charge in [0.1, 0.15) is 17.2 Å². The summed E-state index contributed by atoms with van der Waals surface area (Å²) in [5.74, 6) is 1.41. The molecule has 0 bridgehead atoms. The minimum atomic E-state index is -0.874. The fraction of sp³-hybridized carbons (Fsp3) is 0.350. The van der Waals surface area contributed by atoms with Crippen molar-refractivity contribution >= 4 is 29.3 Å². The third kappa shape index (κ3) is 4.43. The summed E-state index contributed by atoms with van der Waals surface area (Å²) in [6.45, 7) is 5.93. The van der Waals surface area contributed by atoms with Crippen molar-refractivity contribution < 1.29 is 19.6 Å². The van der Waals surface area contributed by atoms with Crippen LogP contribution in [0.15, 0.2) is 29.3 Å². The lowest BCUT2D eigenvalue weighted by molar-refractivity contribution is -0.478. The first kappa shape index (κ1) is 19.3. The van der Waals surface area contributed by atoms with Gasteiger partial charge in [-0.3, -0.25) is 9.79 Å². The van der Waals surface area contributed by atoms with Gasteiger partial charge in [0, 0.05) is 22.4 Å². The number of hydrogen-bond donors (Lipinski definition) is 3. The molecule has 7 heteroatoms. The van der Waals surface area contributed by atoms with Gasteiger partial charge in [0.05, 0.1) is 12.2 Å². The number of ketones is 1. The van der Waals surface area contributed by atoms with E-state index >= 15 is 0 Å². The SMILES string of the molecule is CC(=O)c1ccc2c(c1)-c1sc(C(N=CN)=[NH+]CC(C)(C)O)cc1CCO2. The largest absolute Gasteiger partial charge is 0.493 e. The molecule has 1 aliphatic rings. The van der Waals surface area contributed by atoms with Crippen LogP contribution in [0.5, 0.6) is 5.75 Å². The highest BCUT2D eigenvalue weighted by Gasteiger charge is 2.24. The molecule has 0 unspecified atom stereocenters. The first-order valence-corrected chi connectivity index (χ1v) is 9.59. The summed E-state index contributed by atoms with van der Waals surface area (Å²) in [7, 11) is 0. The number of hydrogen-bond acceptors (Lipinski definition) is 4. The second-order valence-corrected chi connectivity index (χ2v) is 8.18. The number of Topliss-reactive ketones (excluding diaryl/α,β-unsaturated/α-hetero) is 1. The summed E-state index contributed by atoms with van der Waals surface area (Å²) in [6, 6.07) is 7.61. The number of thiophene rings is 1. The zero-order chi connectivity index (χ0) is 19.6. The van der Waals surface area contributed by atoms with Crippen LogP contribution in [0.1, 0.15) is 41.6 Å². The molecule has 4 N–H and O–H groups in total. The van der Waals surface area contributed by atoms with Gasteiger partial charge < -0.3 is 15.6 Å². The van der Waals surface area contributed by atoms with Gasteiger partial charge in [0.15, 0.2) is 5.78 Å². The van der Waals surface area contributed by atoms with E-state index < -0.39 is 5.60 Å². The second kappa shape index (κ2) is 7.62. The number of carbonyl (C=O) groups excluding carboxylic acids is 1. The molecule has 2 aromatic rings. The number of benzene rings is 1. The normalized spacial score (nSPS) is 14.4. The smallest absolute Gasteiger partial charge is 0.335 e. The monoisotopic (exact) mass is 386 g/mol. The van der Waals surface area contributed by atoms with Crippen molar-refractivity contribution in [2.24, 2.45) is 10.7 Å². The van der Waals surface area contributed by atoms with Gasteiger partial charge in [-0.2, -0.15) is 0 Å². The van der Waals surface area contributed by atoms with E-state index in [2.05, 4.69) is 16.1 Å². The second-order valence-electron chi connectivity index (χ2n) is 7.12. The molecule has 2 heterocycles. The minimum Gasteiger partial charge on any atom is -0.493 e. The molecule has 1 aromatic heterocycles. The fourth-order valence-electron chi connectivity index (χ4n) is 2.85. The molecule has 27 heavy (non-hydrogen) atoms. The average Bonchev–Trinajstić information content (AvgIpc) is 2.94. The predicted octanol–water partition coefficient (Wildman–Crippen LogP) is 1.14. The lowest BCUT2D eigenvalue weighted by Crippen LogP contribution is -2.77. The molecule has 0 saturated carbocycles. The van der Waals surface area contributed by atoms with E-state index in [-0.39, 0.29) is 5.78 Å². The summed E-state index contributed by atoms with van der Waals surface area (Å²) >= 11 is 1.57. The Morgan fingerprint density at radius 3 is 2.89 bits per heavy atom. The highest BCUT2D eigenvalue weighted by molar-refractivity contribution is 7.17. The Bertz CT molecular complexity index is 923. The number of aliphatic hydroxyl groups is 1. The molecule has 0 fully saturated rings.